The van der Waals surface area contributed by atoms with E-state index in [0.29, 0.717) is 5.82 Å². The largest absolute Gasteiger partial charge is 0.392 e. The van der Waals surface area contributed by atoms with E-state index in [9.17, 15) is 0 Å². The van der Waals surface area contributed by atoms with E-state index in [1.807, 2.05) is 13.0 Å². The number of nitrogen functional groups attached to an aromatic ring is 1. The summed E-state index contributed by atoms with van der Waals surface area (Å²) in [5, 5.41) is 8.78. The number of pyridine rings is 1. The minimum atomic E-state index is -0.0362. The molecule has 3 heteroatoms. The molecule has 1 aromatic heterocycles. The number of aromatic nitrogens is 1. The van der Waals surface area contributed by atoms with Crippen molar-refractivity contribution in [2.45, 2.75) is 13.5 Å². The molecule has 0 saturated heterocycles. The summed E-state index contributed by atoms with van der Waals surface area (Å²) in [6, 6.07) is 1.82. The normalized spacial score (nSPS) is 9.80. The van der Waals surface area contributed by atoms with Crippen LogP contribution in [0.25, 0.3) is 0 Å². The highest BCUT2D eigenvalue weighted by atomic mass is 16.3. The molecule has 1 heterocycles. The first-order valence-corrected chi connectivity index (χ1v) is 3.06. The van der Waals surface area contributed by atoms with Crippen LogP contribution in [0.3, 0.4) is 0 Å². The molecule has 0 amide bonds. The van der Waals surface area contributed by atoms with Crippen molar-refractivity contribution in [3.63, 3.8) is 0 Å². The van der Waals surface area contributed by atoms with E-state index < -0.39 is 0 Å². The van der Waals surface area contributed by atoms with Crippen molar-refractivity contribution >= 4 is 5.82 Å². The Morgan fingerprint density at radius 2 is 2.40 bits per heavy atom. The lowest BCUT2D eigenvalue weighted by Crippen LogP contribution is -1.99. The standard InChI is InChI=1S/C7H10N2O/c1-5-2-3-9-7(8)6(5)4-10/h2-3,10H,4H2,1H3,(H2,8,9). The molecule has 1 rings (SSSR count). The minimum Gasteiger partial charge on any atom is -0.392 e. The number of nitrogens with zero attached hydrogens (tertiary/aromatic N) is 1. The molecule has 0 atom stereocenters. The molecule has 0 aromatic carbocycles. The number of rotatable bonds is 1. The Labute approximate surface area is 59.5 Å². The molecule has 0 aliphatic rings. The number of hydrogen-bond donors (Lipinski definition) is 2. The van der Waals surface area contributed by atoms with Crippen LogP contribution in [0, 0.1) is 6.92 Å². The summed E-state index contributed by atoms with van der Waals surface area (Å²) in [5.74, 6) is 0.419. The fourth-order valence-electron chi connectivity index (χ4n) is 0.816. The van der Waals surface area contributed by atoms with Gasteiger partial charge in [0.05, 0.1) is 6.61 Å². The van der Waals surface area contributed by atoms with Gasteiger partial charge in [-0.15, -0.1) is 0 Å². The summed E-state index contributed by atoms with van der Waals surface area (Å²) >= 11 is 0. The van der Waals surface area contributed by atoms with E-state index in [1.54, 1.807) is 6.20 Å². The zero-order chi connectivity index (χ0) is 7.56. The molecule has 54 valence electrons. The molecule has 0 aliphatic carbocycles. The van der Waals surface area contributed by atoms with Gasteiger partial charge in [0.25, 0.3) is 0 Å². The Kier molecular flexibility index (Phi) is 1.87. The van der Waals surface area contributed by atoms with Crippen LogP contribution in [0.15, 0.2) is 12.3 Å². The third-order valence-electron chi connectivity index (χ3n) is 1.48. The maximum absolute atomic E-state index is 8.78. The number of aryl methyl sites for hydroxylation is 1. The summed E-state index contributed by atoms with van der Waals surface area (Å²) in [4.78, 5) is 3.83. The Morgan fingerprint density at radius 1 is 1.70 bits per heavy atom. The lowest BCUT2D eigenvalue weighted by atomic mass is 10.1. The number of anilines is 1. The highest BCUT2D eigenvalue weighted by Gasteiger charge is 1.99. The molecule has 0 fully saturated rings. The van der Waals surface area contributed by atoms with Gasteiger partial charge in [0, 0.05) is 11.8 Å². The first kappa shape index (κ1) is 7.02. The Hall–Kier alpha value is -1.09. The maximum Gasteiger partial charge on any atom is 0.129 e. The molecule has 3 N–H and O–H groups in total. The minimum absolute atomic E-state index is 0.0362. The second kappa shape index (κ2) is 2.66. The smallest absolute Gasteiger partial charge is 0.129 e. The van der Waals surface area contributed by atoms with Gasteiger partial charge in [0.1, 0.15) is 5.82 Å². The molecule has 0 radical (unpaired) electrons. The first-order valence-electron chi connectivity index (χ1n) is 3.06. The summed E-state index contributed by atoms with van der Waals surface area (Å²) in [6.07, 6.45) is 1.63. The van der Waals surface area contributed by atoms with Crippen LogP contribution in [0.4, 0.5) is 5.82 Å². The van der Waals surface area contributed by atoms with Gasteiger partial charge in [0.15, 0.2) is 0 Å². The van der Waals surface area contributed by atoms with Crippen molar-refractivity contribution in [3.05, 3.63) is 23.4 Å². The highest BCUT2D eigenvalue weighted by Crippen LogP contribution is 2.11. The van der Waals surface area contributed by atoms with Gasteiger partial charge in [-0.1, -0.05) is 0 Å². The van der Waals surface area contributed by atoms with Crippen LogP contribution < -0.4 is 5.73 Å². The van der Waals surface area contributed by atoms with Gasteiger partial charge < -0.3 is 10.8 Å². The molecule has 0 aliphatic heterocycles. The Balaban J connectivity index is 3.17. The Bertz CT molecular complexity index is 215. The van der Waals surface area contributed by atoms with Crippen LogP contribution in [-0.4, -0.2) is 10.1 Å². The molecular formula is C7H10N2O. The molecule has 1 aromatic rings. The van der Waals surface area contributed by atoms with E-state index in [2.05, 4.69) is 4.98 Å². The van der Waals surface area contributed by atoms with Crippen LogP contribution >= 0.6 is 0 Å². The summed E-state index contributed by atoms with van der Waals surface area (Å²) in [6.45, 7) is 1.86. The van der Waals surface area contributed by atoms with Crippen LogP contribution in [0.1, 0.15) is 11.1 Å². The maximum atomic E-state index is 8.78. The molecular weight excluding hydrogens is 128 g/mol. The fraction of sp³-hybridized carbons (Fsp3) is 0.286. The lowest BCUT2D eigenvalue weighted by molar-refractivity contribution is 0.281. The van der Waals surface area contributed by atoms with Crippen molar-refractivity contribution in [3.8, 4) is 0 Å². The van der Waals surface area contributed by atoms with Crippen LogP contribution in [0.5, 0.6) is 0 Å². The van der Waals surface area contributed by atoms with Crippen molar-refractivity contribution in [1.82, 2.24) is 4.98 Å². The summed E-state index contributed by atoms with van der Waals surface area (Å²) in [7, 11) is 0. The number of aliphatic hydroxyl groups excluding tert-OH is 1. The zero-order valence-corrected chi connectivity index (χ0v) is 5.83. The quantitative estimate of drug-likeness (QED) is 0.592. The van der Waals surface area contributed by atoms with Crippen molar-refractivity contribution in [2.24, 2.45) is 0 Å². The Morgan fingerprint density at radius 3 is 2.80 bits per heavy atom. The van der Waals surface area contributed by atoms with Gasteiger partial charge in [-0.25, -0.2) is 4.98 Å². The van der Waals surface area contributed by atoms with E-state index in [-0.39, 0.29) is 6.61 Å². The second-order valence-corrected chi connectivity index (χ2v) is 2.15. The molecule has 10 heavy (non-hydrogen) atoms. The third kappa shape index (κ3) is 1.09. The topological polar surface area (TPSA) is 59.1 Å². The van der Waals surface area contributed by atoms with Gasteiger partial charge in [-0.05, 0) is 18.6 Å². The number of aliphatic hydroxyl groups is 1. The average molecular weight is 138 g/mol. The van der Waals surface area contributed by atoms with Crippen molar-refractivity contribution < 1.29 is 5.11 Å². The van der Waals surface area contributed by atoms with Gasteiger partial charge in [-0.2, -0.15) is 0 Å². The molecule has 0 bridgehead atoms. The second-order valence-electron chi connectivity index (χ2n) is 2.15. The predicted molar refractivity (Wildman–Crippen MR) is 39.3 cm³/mol. The summed E-state index contributed by atoms with van der Waals surface area (Å²) in [5.41, 5.74) is 7.17. The first-order chi connectivity index (χ1) is 4.75. The van der Waals surface area contributed by atoms with Gasteiger partial charge >= 0.3 is 0 Å². The molecule has 0 spiro atoms. The van der Waals surface area contributed by atoms with E-state index in [0.717, 1.165) is 11.1 Å². The van der Waals surface area contributed by atoms with Gasteiger partial charge in [-0.3, -0.25) is 0 Å². The van der Waals surface area contributed by atoms with Crippen LogP contribution in [-0.2, 0) is 6.61 Å². The monoisotopic (exact) mass is 138 g/mol. The van der Waals surface area contributed by atoms with E-state index in [4.69, 9.17) is 10.8 Å². The number of hydrogen-bond acceptors (Lipinski definition) is 3. The van der Waals surface area contributed by atoms with Gasteiger partial charge in [0.2, 0.25) is 0 Å². The third-order valence-corrected chi connectivity index (χ3v) is 1.48. The van der Waals surface area contributed by atoms with E-state index in [1.165, 1.54) is 0 Å². The zero-order valence-electron chi connectivity index (χ0n) is 5.83. The molecule has 3 nitrogen and oxygen atoms in total. The van der Waals surface area contributed by atoms with Crippen molar-refractivity contribution in [2.75, 3.05) is 5.73 Å². The SMILES string of the molecule is Cc1ccnc(N)c1CO. The highest BCUT2D eigenvalue weighted by molar-refractivity contribution is 5.42. The average Bonchev–Trinajstić information content (AvgIpc) is 1.88. The predicted octanol–water partition coefficient (Wildman–Crippen LogP) is 0.465. The fourth-order valence-corrected chi connectivity index (χ4v) is 0.816. The van der Waals surface area contributed by atoms with E-state index >= 15 is 0 Å². The molecule has 0 unspecified atom stereocenters. The number of nitrogens with two attached hydrogens (primary N) is 1. The molecule has 0 saturated carbocycles. The lowest BCUT2D eigenvalue weighted by Gasteiger charge is -2.02. The van der Waals surface area contributed by atoms with Crippen LogP contribution in [0.2, 0.25) is 0 Å². The summed E-state index contributed by atoms with van der Waals surface area (Å²) < 4.78 is 0. The van der Waals surface area contributed by atoms with Crippen molar-refractivity contribution in [1.29, 1.82) is 0 Å².